The molecule has 0 aromatic heterocycles. The monoisotopic (exact) mass is 375 g/mol. The van der Waals surface area contributed by atoms with Crippen molar-refractivity contribution in [1.29, 1.82) is 0 Å². The normalized spacial score (nSPS) is 10.9. The van der Waals surface area contributed by atoms with E-state index in [-0.39, 0.29) is 22.9 Å². The van der Waals surface area contributed by atoms with Crippen LogP contribution in [0.5, 0.6) is 5.75 Å². The summed E-state index contributed by atoms with van der Waals surface area (Å²) in [5, 5.41) is 24.5. The van der Waals surface area contributed by atoms with Gasteiger partial charge in [-0.25, -0.2) is 5.43 Å². The number of amides is 1. The molecule has 7 heteroatoms. The van der Waals surface area contributed by atoms with Gasteiger partial charge in [-0.15, -0.1) is 0 Å². The molecule has 0 unspecified atom stereocenters. The highest BCUT2D eigenvalue weighted by Gasteiger charge is 2.22. The van der Waals surface area contributed by atoms with E-state index in [0.29, 0.717) is 0 Å². The van der Waals surface area contributed by atoms with Gasteiger partial charge in [0, 0.05) is 17.7 Å². The number of hydrogen-bond donors (Lipinski definition) is 2. The number of benzene rings is 3. The second-order valence-corrected chi connectivity index (χ2v) is 5.99. The van der Waals surface area contributed by atoms with Crippen LogP contribution in [0.1, 0.15) is 22.6 Å². The Bertz CT molecular complexity index is 965. The quantitative estimate of drug-likeness (QED) is 0.390. The van der Waals surface area contributed by atoms with Crippen molar-refractivity contribution in [2.45, 2.75) is 5.92 Å². The van der Waals surface area contributed by atoms with E-state index in [1.54, 1.807) is 0 Å². The number of hydrazone groups is 1. The van der Waals surface area contributed by atoms with E-state index in [1.807, 2.05) is 60.7 Å². The zero-order valence-corrected chi connectivity index (χ0v) is 14.7. The molecule has 0 heterocycles. The predicted octanol–water partition coefficient (Wildman–Crippen LogP) is 3.58. The molecule has 3 aromatic rings. The molecular weight excluding hydrogens is 358 g/mol. The number of nitro groups is 1. The molecule has 7 nitrogen and oxygen atoms in total. The fraction of sp³-hybridized carbons (Fsp3) is 0.0476. The number of nitrogens with zero attached hydrogens (tertiary/aromatic N) is 2. The highest BCUT2D eigenvalue weighted by molar-refractivity contribution is 5.89. The summed E-state index contributed by atoms with van der Waals surface area (Å²) in [7, 11) is 0. The van der Waals surface area contributed by atoms with Crippen LogP contribution in [0.15, 0.2) is 84.0 Å². The van der Waals surface area contributed by atoms with Gasteiger partial charge in [0.2, 0.25) is 0 Å². The molecular formula is C21H17N3O4. The van der Waals surface area contributed by atoms with Crippen LogP contribution >= 0.6 is 0 Å². The van der Waals surface area contributed by atoms with Crippen molar-refractivity contribution in [1.82, 2.24) is 5.43 Å². The van der Waals surface area contributed by atoms with Crippen LogP contribution in [0.25, 0.3) is 0 Å². The molecule has 0 aliphatic rings. The summed E-state index contributed by atoms with van der Waals surface area (Å²) >= 11 is 0. The molecule has 0 fully saturated rings. The summed E-state index contributed by atoms with van der Waals surface area (Å²) in [4.78, 5) is 23.1. The lowest BCUT2D eigenvalue weighted by molar-refractivity contribution is -0.384. The number of phenols is 1. The van der Waals surface area contributed by atoms with Gasteiger partial charge in [-0.05, 0) is 17.2 Å². The molecule has 140 valence electrons. The highest BCUT2D eigenvalue weighted by atomic mass is 16.6. The van der Waals surface area contributed by atoms with E-state index in [2.05, 4.69) is 10.5 Å². The van der Waals surface area contributed by atoms with E-state index in [0.717, 1.165) is 11.1 Å². The van der Waals surface area contributed by atoms with E-state index in [9.17, 15) is 20.0 Å². The van der Waals surface area contributed by atoms with E-state index >= 15 is 0 Å². The Balaban J connectivity index is 1.83. The van der Waals surface area contributed by atoms with Crippen molar-refractivity contribution >= 4 is 17.8 Å². The van der Waals surface area contributed by atoms with E-state index in [4.69, 9.17) is 0 Å². The first kappa shape index (κ1) is 18.8. The number of nitrogens with one attached hydrogen (secondary N) is 1. The summed E-state index contributed by atoms with van der Waals surface area (Å²) in [5.41, 5.74) is 4.01. The fourth-order valence-electron chi connectivity index (χ4n) is 2.78. The van der Waals surface area contributed by atoms with Gasteiger partial charge in [-0.3, -0.25) is 14.9 Å². The maximum atomic E-state index is 12.8. The number of non-ortho nitro benzene ring substituents is 1. The van der Waals surface area contributed by atoms with E-state index in [1.165, 1.54) is 24.4 Å². The Hall–Kier alpha value is -4.00. The standard InChI is InChI=1S/C21H17N3O4/c25-19-12-11-18(24(27)28)13-17(19)14-22-23-21(26)20(15-7-3-1-4-8-15)16-9-5-2-6-10-16/h1-14,20,25H,(H,23,26)/b22-14+. The maximum absolute atomic E-state index is 12.8. The number of nitro benzene ring substituents is 1. The lowest BCUT2D eigenvalue weighted by Gasteiger charge is -2.16. The van der Waals surface area contributed by atoms with Crippen LogP contribution in [-0.4, -0.2) is 22.2 Å². The zero-order valence-electron chi connectivity index (χ0n) is 14.7. The number of carbonyl (C=O) groups excluding carboxylic acids is 1. The molecule has 2 N–H and O–H groups in total. The third kappa shape index (κ3) is 4.39. The predicted molar refractivity (Wildman–Crippen MR) is 105 cm³/mol. The van der Waals surface area contributed by atoms with Gasteiger partial charge in [0.05, 0.1) is 17.1 Å². The van der Waals surface area contributed by atoms with E-state index < -0.39 is 10.8 Å². The van der Waals surface area contributed by atoms with Crippen molar-refractivity contribution in [3.8, 4) is 5.75 Å². The topological polar surface area (TPSA) is 105 Å². The number of phenolic OH excluding ortho intramolecular Hbond substituents is 1. The molecule has 0 radical (unpaired) electrons. The Kier molecular flexibility index (Phi) is 5.76. The maximum Gasteiger partial charge on any atom is 0.270 e. The van der Waals surface area contributed by atoms with Gasteiger partial charge < -0.3 is 5.11 Å². The Labute approximate surface area is 161 Å². The van der Waals surface area contributed by atoms with Crippen LogP contribution in [0.4, 0.5) is 5.69 Å². The van der Waals surface area contributed by atoms with Crippen molar-refractivity contribution in [2.24, 2.45) is 5.10 Å². The lowest BCUT2D eigenvalue weighted by Crippen LogP contribution is -2.26. The fourth-order valence-corrected chi connectivity index (χ4v) is 2.78. The summed E-state index contributed by atoms with van der Waals surface area (Å²) in [5.74, 6) is -1.11. The minimum Gasteiger partial charge on any atom is -0.507 e. The molecule has 0 saturated carbocycles. The summed E-state index contributed by atoms with van der Waals surface area (Å²) in [6, 6.07) is 22.1. The average molecular weight is 375 g/mol. The molecule has 0 aliphatic carbocycles. The molecule has 0 saturated heterocycles. The highest BCUT2D eigenvalue weighted by Crippen LogP contribution is 2.25. The first-order chi connectivity index (χ1) is 13.6. The summed E-state index contributed by atoms with van der Waals surface area (Å²) in [6.07, 6.45) is 1.17. The summed E-state index contributed by atoms with van der Waals surface area (Å²) < 4.78 is 0. The molecule has 3 aromatic carbocycles. The van der Waals surface area contributed by atoms with Crippen molar-refractivity contribution in [3.63, 3.8) is 0 Å². The number of hydrogen-bond acceptors (Lipinski definition) is 5. The zero-order chi connectivity index (χ0) is 19.9. The van der Waals surface area contributed by atoms with Crippen LogP contribution in [-0.2, 0) is 4.79 Å². The third-order valence-corrected chi connectivity index (χ3v) is 4.13. The van der Waals surface area contributed by atoms with Gasteiger partial charge in [-0.1, -0.05) is 60.7 Å². The van der Waals surface area contributed by atoms with Crippen LogP contribution in [0.3, 0.4) is 0 Å². The second-order valence-electron chi connectivity index (χ2n) is 5.99. The van der Waals surface area contributed by atoms with Gasteiger partial charge >= 0.3 is 0 Å². The van der Waals surface area contributed by atoms with Gasteiger partial charge in [0.15, 0.2) is 0 Å². The largest absolute Gasteiger partial charge is 0.507 e. The first-order valence-electron chi connectivity index (χ1n) is 8.46. The molecule has 0 atom stereocenters. The van der Waals surface area contributed by atoms with Gasteiger partial charge in [0.25, 0.3) is 11.6 Å². The van der Waals surface area contributed by atoms with Crippen molar-refractivity contribution < 1.29 is 14.8 Å². The Morgan fingerprint density at radius 3 is 2.11 bits per heavy atom. The van der Waals surface area contributed by atoms with Gasteiger partial charge in [-0.2, -0.15) is 5.10 Å². The van der Waals surface area contributed by atoms with Crippen LogP contribution in [0, 0.1) is 10.1 Å². The third-order valence-electron chi connectivity index (χ3n) is 4.13. The van der Waals surface area contributed by atoms with Crippen molar-refractivity contribution in [3.05, 3.63) is 106 Å². The van der Waals surface area contributed by atoms with Crippen molar-refractivity contribution in [2.75, 3.05) is 0 Å². The Morgan fingerprint density at radius 2 is 1.57 bits per heavy atom. The smallest absolute Gasteiger partial charge is 0.270 e. The second kappa shape index (κ2) is 8.59. The first-order valence-corrected chi connectivity index (χ1v) is 8.46. The van der Waals surface area contributed by atoms with Crippen LogP contribution < -0.4 is 5.43 Å². The van der Waals surface area contributed by atoms with Crippen LogP contribution in [0.2, 0.25) is 0 Å². The molecule has 0 aliphatic heterocycles. The average Bonchev–Trinajstić information content (AvgIpc) is 2.71. The Morgan fingerprint density at radius 1 is 1.00 bits per heavy atom. The molecule has 3 rings (SSSR count). The SMILES string of the molecule is O=C(N/N=C/c1cc([N+](=O)[O-])ccc1O)C(c1ccccc1)c1ccccc1. The molecule has 28 heavy (non-hydrogen) atoms. The van der Waals surface area contributed by atoms with Gasteiger partial charge in [0.1, 0.15) is 5.75 Å². The summed E-state index contributed by atoms with van der Waals surface area (Å²) in [6.45, 7) is 0. The molecule has 0 spiro atoms. The number of aromatic hydroxyl groups is 1. The lowest BCUT2D eigenvalue weighted by atomic mass is 9.91. The molecule has 0 bridgehead atoms. The minimum atomic E-state index is -0.573. The number of carbonyl (C=O) groups is 1. The molecule has 1 amide bonds. The number of rotatable bonds is 6. The minimum absolute atomic E-state index is 0.130.